The van der Waals surface area contributed by atoms with Gasteiger partial charge in [0.1, 0.15) is 5.82 Å². The third-order valence-corrected chi connectivity index (χ3v) is 8.04. The van der Waals surface area contributed by atoms with Gasteiger partial charge in [0.15, 0.2) is 0 Å². The lowest BCUT2D eigenvalue weighted by atomic mass is 9.90. The molecule has 0 N–H and O–H groups in total. The number of aryl methyl sites for hydroxylation is 1. The Labute approximate surface area is 221 Å². The van der Waals surface area contributed by atoms with Crippen LogP contribution >= 0.6 is 11.6 Å². The average molecular weight is 524 g/mol. The van der Waals surface area contributed by atoms with Gasteiger partial charge in [-0.25, -0.2) is 4.39 Å². The summed E-state index contributed by atoms with van der Waals surface area (Å²) in [4.78, 5) is 43.0. The van der Waals surface area contributed by atoms with Gasteiger partial charge in [-0.05, 0) is 74.3 Å². The number of likely N-dealkylation sites (tertiary alicyclic amines) is 2. The molecule has 0 aliphatic carbocycles. The molecular formula is C29H31ClFN3O3. The van der Waals surface area contributed by atoms with Crippen LogP contribution in [0.5, 0.6) is 0 Å². The lowest BCUT2D eigenvalue weighted by molar-refractivity contribution is -0.127. The minimum absolute atomic E-state index is 0.170. The number of hydrogen-bond acceptors (Lipinski definition) is 3. The van der Waals surface area contributed by atoms with Crippen LogP contribution in [0.3, 0.4) is 0 Å². The van der Waals surface area contributed by atoms with Crippen molar-refractivity contribution in [1.29, 1.82) is 0 Å². The molecule has 37 heavy (non-hydrogen) atoms. The first-order chi connectivity index (χ1) is 17.8. The summed E-state index contributed by atoms with van der Waals surface area (Å²) in [7, 11) is 1.80. The highest BCUT2D eigenvalue weighted by Gasteiger charge is 2.29. The number of aromatic nitrogens is 1. The van der Waals surface area contributed by atoms with E-state index in [0.717, 1.165) is 44.1 Å². The lowest BCUT2D eigenvalue weighted by Gasteiger charge is -2.32. The van der Waals surface area contributed by atoms with Crippen LogP contribution in [0.2, 0.25) is 5.02 Å². The SMILES string of the molecule is Cn1cc(C(=O)C(=O)N2CCCCC2)c2cc(C(=O)N3CCC(Cc4ccc(F)cc4)CC3)c(Cl)cc21. The molecule has 0 saturated carbocycles. The number of Topliss-reactive ketones (excluding diaryl/α,β-unsaturated/α-hetero) is 1. The number of halogens is 2. The highest BCUT2D eigenvalue weighted by atomic mass is 35.5. The first-order valence-corrected chi connectivity index (χ1v) is 13.4. The van der Waals surface area contributed by atoms with E-state index in [1.54, 1.807) is 39.7 Å². The molecule has 2 aliphatic heterocycles. The fourth-order valence-electron chi connectivity index (χ4n) is 5.57. The van der Waals surface area contributed by atoms with Gasteiger partial charge in [-0.3, -0.25) is 14.4 Å². The van der Waals surface area contributed by atoms with Crippen molar-refractivity contribution in [2.75, 3.05) is 26.2 Å². The van der Waals surface area contributed by atoms with Crippen molar-refractivity contribution >= 4 is 40.1 Å². The smallest absolute Gasteiger partial charge is 0.295 e. The van der Waals surface area contributed by atoms with Gasteiger partial charge in [-0.1, -0.05) is 23.7 Å². The van der Waals surface area contributed by atoms with Crippen molar-refractivity contribution in [3.8, 4) is 0 Å². The predicted octanol–water partition coefficient (Wildman–Crippen LogP) is 5.26. The summed E-state index contributed by atoms with van der Waals surface area (Å²) in [6, 6.07) is 9.96. The van der Waals surface area contributed by atoms with Gasteiger partial charge < -0.3 is 14.4 Å². The Morgan fingerprint density at radius 2 is 1.59 bits per heavy atom. The number of fused-ring (bicyclic) bond motifs is 1. The highest BCUT2D eigenvalue weighted by Crippen LogP contribution is 2.31. The Hall–Kier alpha value is -3.19. The number of benzene rings is 2. The van der Waals surface area contributed by atoms with Crippen molar-refractivity contribution in [2.45, 2.75) is 38.5 Å². The molecule has 0 bridgehead atoms. The zero-order valence-corrected chi connectivity index (χ0v) is 21.8. The van der Waals surface area contributed by atoms with Gasteiger partial charge in [0, 0.05) is 44.8 Å². The average Bonchev–Trinajstić information content (AvgIpc) is 3.24. The van der Waals surface area contributed by atoms with Crippen LogP contribution < -0.4 is 0 Å². The zero-order chi connectivity index (χ0) is 26.1. The minimum Gasteiger partial charge on any atom is -0.350 e. The molecule has 2 aliphatic rings. The molecule has 2 saturated heterocycles. The molecule has 0 spiro atoms. The summed E-state index contributed by atoms with van der Waals surface area (Å²) >= 11 is 6.56. The van der Waals surface area contributed by atoms with Crippen LogP contribution in [0.15, 0.2) is 42.6 Å². The van der Waals surface area contributed by atoms with Crippen molar-refractivity contribution in [3.63, 3.8) is 0 Å². The fraction of sp³-hybridized carbons (Fsp3) is 0.414. The molecule has 0 radical (unpaired) electrons. The molecule has 0 unspecified atom stereocenters. The predicted molar refractivity (Wildman–Crippen MR) is 141 cm³/mol. The molecule has 5 rings (SSSR count). The monoisotopic (exact) mass is 523 g/mol. The first-order valence-electron chi connectivity index (χ1n) is 13.0. The van der Waals surface area contributed by atoms with E-state index in [0.29, 0.717) is 59.1 Å². The maximum absolute atomic E-state index is 13.5. The number of piperidine rings is 2. The van der Waals surface area contributed by atoms with Crippen LogP contribution in [0, 0.1) is 11.7 Å². The standard InChI is InChI=1S/C29H31ClFN3O3/c1-32-18-24(27(35)29(37)33-11-3-2-4-12-33)22-16-23(25(30)17-26(22)32)28(36)34-13-9-20(10-14-34)15-19-5-7-21(31)8-6-19/h5-8,16-18,20H,2-4,9-15H2,1H3. The van der Waals surface area contributed by atoms with E-state index >= 15 is 0 Å². The first kappa shape index (κ1) is 25.5. The highest BCUT2D eigenvalue weighted by molar-refractivity contribution is 6.45. The third-order valence-electron chi connectivity index (χ3n) is 7.73. The minimum atomic E-state index is -0.546. The van der Waals surface area contributed by atoms with Gasteiger partial charge in [0.2, 0.25) is 0 Å². The van der Waals surface area contributed by atoms with Crippen molar-refractivity contribution in [2.24, 2.45) is 13.0 Å². The van der Waals surface area contributed by atoms with Gasteiger partial charge >= 0.3 is 0 Å². The van der Waals surface area contributed by atoms with Crippen LogP contribution in [0.1, 0.15) is 58.4 Å². The molecule has 6 nitrogen and oxygen atoms in total. The Balaban J connectivity index is 1.33. The number of hydrogen-bond donors (Lipinski definition) is 0. The molecule has 8 heteroatoms. The Morgan fingerprint density at radius 1 is 0.919 bits per heavy atom. The van der Waals surface area contributed by atoms with Crippen LogP contribution in [-0.2, 0) is 18.3 Å². The van der Waals surface area contributed by atoms with Crippen LogP contribution in [0.4, 0.5) is 4.39 Å². The van der Waals surface area contributed by atoms with E-state index in [9.17, 15) is 18.8 Å². The lowest BCUT2D eigenvalue weighted by Crippen LogP contribution is -2.40. The molecule has 3 aromatic rings. The van der Waals surface area contributed by atoms with Gasteiger partial charge in [-0.2, -0.15) is 0 Å². The molecule has 194 valence electrons. The summed E-state index contributed by atoms with van der Waals surface area (Å²) in [5, 5.41) is 0.894. The largest absolute Gasteiger partial charge is 0.350 e. The van der Waals surface area contributed by atoms with E-state index in [1.165, 1.54) is 12.1 Å². The Kier molecular flexibility index (Phi) is 7.33. The summed E-state index contributed by atoms with van der Waals surface area (Å²) in [6.45, 7) is 2.41. The fourth-order valence-corrected chi connectivity index (χ4v) is 5.81. The zero-order valence-electron chi connectivity index (χ0n) is 21.0. The molecule has 3 heterocycles. The molecule has 2 amide bonds. The van der Waals surface area contributed by atoms with Crippen molar-refractivity contribution < 1.29 is 18.8 Å². The molecule has 0 atom stereocenters. The van der Waals surface area contributed by atoms with E-state index in [1.807, 2.05) is 12.1 Å². The Bertz CT molecular complexity index is 1340. The Morgan fingerprint density at radius 3 is 2.27 bits per heavy atom. The number of amides is 2. The molecule has 2 fully saturated rings. The van der Waals surface area contributed by atoms with E-state index in [4.69, 9.17) is 11.6 Å². The number of ketones is 1. The van der Waals surface area contributed by atoms with Crippen LogP contribution in [0.25, 0.3) is 10.9 Å². The number of carbonyl (C=O) groups is 3. The van der Waals surface area contributed by atoms with E-state index in [-0.39, 0.29) is 11.7 Å². The maximum atomic E-state index is 13.5. The third kappa shape index (κ3) is 5.28. The molecule has 2 aromatic carbocycles. The summed E-state index contributed by atoms with van der Waals surface area (Å²) in [6.07, 6.45) is 7.09. The maximum Gasteiger partial charge on any atom is 0.295 e. The van der Waals surface area contributed by atoms with E-state index < -0.39 is 11.7 Å². The van der Waals surface area contributed by atoms with Gasteiger partial charge in [-0.15, -0.1) is 0 Å². The topological polar surface area (TPSA) is 62.6 Å². The second-order valence-electron chi connectivity index (χ2n) is 10.3. The number of nitrogens with zero attached hydrogens (tertiary/aromatic N) is 3. The quantitative estimate of drug-likeness (QED) is 0.338. The number of carbonyl (C=O) groups excluding carboxylic acids is 3. The molecular weight excluding hydrogens is 493 g/mol. The summed E-state index contributed by atoms with van der Waals surface area (Å²) < 4.78 is 15.0. The van der Waals surface area contributed by atoms with Crippen molar-refractivity contribution in [1.82, 2.24) is 14.4 Å². The number of rotatable bonds is 5. The molecule has 1 aromatic heterocycles. The summed E-state index contributed by atoms with van der Waals surface area (Å²) in [5.41, 5.74) is 2.45. The summed E-state index contributed by atoms with van der Waals surface area (Å²) in [5.74, 6) is -1.02. The van der Waals surface area contributed by atoms with Gasteiger partial charge in [0.25, 0.3) is 17.6 Å². The van der Waals surface area contributed by atoms with E-state index in [2.05, 4.69) is 0 Å². The van der Waals surface area contributed by atoms with Crippen LogP contribution in [-0.4, -0.2) is 58.1 Å². The normalized spacial score (nSPS) is 16.8. The second-order valence-corrected chi connectivity index (χ2v) is 10.7. The van der Waals surface area contributed by atoms with Gasteiger partial charge in [0.05, 0.1) is 21.7 Å². The second kappa shape index (κ2) is 10.7. The van der Waals surface area contributed by atoms with Crippen molar-refractivity contribution in [3.05, 3.63) is 70.1 Å².